The van der Waals surface area contributed by atoms with Crippen LogP contribution in [0.4, 0.5) is 0 Å². The number of hydrogen-bond donors (Lipinski definition) is 0. The molecule has 0 N–H and O–H groups in total. The van der Waals surface area contributed by atoms with Gasteiger partial charge in [0.25, 0.3) is 0 Å². The number of fused-ring (bicyclic) bond motifs is 1. The van der Waals surface area contributed by atoms with Gasteiger partial charge >= 0.3 is 5.97 Å². The molecule has 2 aromatic rings. The van der Waals surface area contributed by atoms with Crippen molar-refractivity contribution in [2.75, 3.05) is 21.3 Å². The maximum absolute atomic E-state index is 12.2. The smallest absolute Gasteiger partial charge is 0.334 e. The van der Waals surface area contributed by atoms with E-state index in [4.69, 9.17) is 14.2 Å². The molecule has 4 nitrogen and oxygen atoms in total. The van der Waals surface area contributed by atoms with Crippen molar-refractivity contribution >= 4 is 11.5 Å². The van der Waals surface area contributed by atoms with E-state index in [9.17, 15) is 4.79 Å². The maximum atomic E-state index is 12.2. The number of hydrogen-bond acceptors (Lipinski definition) is 4. The number of allylic oxidation sites excluding steroid dienone is 1. The minimum absolute atomic E-state index is 0.270. The lowest BCUT2D eigenvalue weighted by molar-refractivity contribution is -0.136. The van der Waals surface area contributed by atoms with Crippen LogP contribution in [0.15, 0.2) is 48.0 Å². The molecule has 28 heavy (non-hydrogen) atoms. The zero-order chi connectivity index (χ0) is 21.1. The highest BCUT2D eigenvalue weighted by atomic mass is 16.5. The predicted molar refractivity (Wildman–Crippen MR) is 115 cm³/mol. The molecule has 0 atom stereocenters. The van der Waals surface area contributed by atoms with Gasteiger partial charge in [-0.3, -0.25) is 0 Å². The Kier molecular flexibility index (Phi) is 9.86. The molecule has 0 amide bonds. The Morgan fingerprint density at radius 3 is 1.96 bits per heavy atom. The van der Waals surface area contributed by atoms with E-state index < -0.39 is 0 Å². The van der Waals surface area contributed by atoms with Gasteiger partial charge in [0.05, 0.1) is 21.3 Å². The highest BCUT2D eigenvalue weighted by Crippen LogP contribution is 2.37. The van der Waals surface area contributed by atoms with Gasteiger partial charge in [0.15, 0.2) is 0 Å². The lowest BCUT2D eigenvalue weighted by Crippen LogP contribution is -2.06. The third-order valence-electron chi connectivity index (χ3n) is 4.34. The molecule has 0 aliphatic heterocycles. The van der Waals surface area contributed by atoms with Gasteiger partial charge in [0, 0.05) is 12.0 Å². The Bertz CT molecular complexity index is 789. The van der Waals surface area contributed by atoms with Crippen molar-refractivity contribution in [1.82, 2.24) is 0 Å². The average Bonchev–Trinajstić information content (AvgIpc) is 3.14. The summed E-state index contributed by atoms with van der Waals surface area (Å²) < 4.78 is 15.5. The van der Waals surface area contributed by atoms with E-state index in [1.54, 1.807) is 14.2 Å². The summed E-state index contributed by atoms with van der Waals surface area (Å²) in [6.45, 7) is 8.00. The molecular weight excluding hydrogens is 352 g/mol. The second-order valence-electron chi connectivity index (χ2n) is 5.67. The quantitative estimate of drug-likeness (QED) is 0.640. The standard InChI is InChI=1S/C20H20O4.2C2H6/c1-22-15-6-4-13(5-7-15)10-18-17-9-8-16(23-2)11-14(17)12-19(18)20(21)24-3;2*1-2/h4-9,11H,10,12H2,1-3H3;2*1-2H3. The van der Waals surface area contributed by atoms with E-state index >= 15 is 0 Å². The summed E-state index contributed by atoms with van der Waals surface area (Å²) in [5.74, 6) is 1.34. The molecule has 2 aromatic carbocycles. The van der Waals surface area contributed by atoms with E-state index in [2.05, 4.69) is 0 Å². The average molecular weight is 385 g/mol. The zero-order valence-corrected chi connectivity index (χ0v) is 18.1. The molecule has 0 spiro atoms. The number of methoxy groups -OCH3 is 3. The first-order valence-electron chi connectivity index (χ1n) is 9.76. The van der Waals surface area contributed by atoms with Crippen LogP contribution in [0.1, 0.15) is 44.4 Å². The summed E-state index contributed by atoms with van der Waals surface area (Å²) >= 11 is 0. The lowest BCUT2D eigenvalue weighted by atomic mass is 9.97. The van der Waals surface area contributed by atoms with Crippen molar-refractivity contribution in [2.24, 2.45) is 0 Å². The molecule has 0 saturated heterocycles. The van der Waals surface area contributed by atoms with Crippen LogP contribution in [0.25, 0.3) is 5.57 Å². The summed E-state index contributed by atoms with van der Waals surface area (Å²) in [6.07, 6.45) is 1.25. The molecule has 0 unspecified atom stereocenters. The minimum atomic E-state index is -0.270. The summed E-state index contributed by atoms with van der Waals surface area (Å²) in [6, 6.07) is 13.8. The molecule has 0 saturated carbocycles. The van der Waals surface area contributed by atoms with Crippen molar-refractivity contribution in [2.45, 2.75) is 40.5 Å². The van der Waals surface area contributed by atoms with E-state index in [0.717, 1.165) is 39.3 Å². The van der Waals surface area contributed by atoms with Crippen molar-refractivity contribution in [3.63, 3.8) is 0 Å². The van der Waals surface area contributed by atoms with Gasteiger partial charge in [-0.05, 0) is 52.9 Å². The topological polar surface area (TPSA) is 44.8 Å². The fourth-order valence-electron chi connectivity index (χ4n) is 3.07. The van der Waals surface area contributed by atoms with Crippen LogP contribution in [0, 0.1) is 0 Å². The first-order chi connectivity index (χ1) is 13.7. The van der Waals surface area contributed by atoms with Crippen LogP contribution in [0.3, 0.4) is 0 Å². The number of carbonyl (C=O) groups excluding carboxylic acids is 1. The van der Waals surface area contributed by atoms with Crippen LogP contribution in [0.2, 0.25) is 0 Å². The Labute approximate surface area is 169 Å². The molecular formula is C24H32O4. The normalized spacial score (nSPS) is 11.4. The SMILES string of the molecule is CC.CC.COC(=O)C1=C(Cc2ccc(OC)cc2)c2ccc(OC)cc2C1. The van der Waals surface area contributed by atoms with Gasteiger partial charge in [0.1, 0.15) is 11.5 Å². The molecule has 0 bridgehead atoms. The van der Waals surface area contributed by atoms with E-state index in [1.165, 1.54) is 7.11 Å². The third kappa shape index (κ3) is 5.38. The Hall–Kier alpha value is -2.75. The molecule has 4 heteroatoms. The number of carbonyl (C=O) groups is 1. The summed E-state index contributed by atoms with van der Waals surface area (Å²) in [7, 11) is 4.71. The highest BCUT2D eigenvalue weighted by Gasteiger charge is 2.27. The summed E-state index contributed by atoms with van der Waals surface area (Å²) in [5.41, 5.74) is 5.04. The Balaban J connectivity index is 0.000000921. The van der Waals surface area contributed by atoms with Gasteiger partial charge < -0.3 is 14.2 Å². The number of esters is 1. The van der Waals surface area contributed by atoms with E-state index in [0.29, 0.717) is 12.8 Å². The largest absolute Gasteiger partial charge is 0.497 e. The molecule has 0 radical (unpaired) electrons. The fourth-order valence-corrected chi connectivity index (χ4v) is 3.07. The van der Waals surface area contributed by atoms with Crippen molar-refractivity contribution in [3.8, 4) is 11.5 Å². The first kappa shape index (κ1) is 23.3. The molecule has 0 fully saturated rings. The van der Waals surface area contributed by atoms with Gasteiger partial charge in [-0.25, -0.2) is 4.79 Å². The molecule has 152 valence electrons. The molecule has 1 aliphatic carbocycles. The van der Waals surface area contributed by atoms with Crippen LogP contribution < -0.4 is 9.47 Å². The van der Waals surface area contributed by atoms with Gasteiger partial charge in [-0.1, -0.05) is 45.9 Å². The maximum Gasteiger partial charge on any atom is 0.334 e. The molecule has 1 aliphatic rings. The van der Waals surface area contributed by atoms with E-state index in [-0.39, 0.29) is 5.97 Å². The number of ether oxygens (including phenoxy) is 3. The Morgan fingerprint density at radius 1 is 0.857 bits per heavy atom. The van der Waals surface area contributed by atoms with Crippen LogP contribution in [-0.4, -0.2) is 27.3 Å². The van der Waals surface area contributed by atoms with Crippen LogP contribution in [0.5, 0.6) is 11.5 Å². The van der Waals surface area contributed by atoms with Gasteiger partial charge in [-0.15, -0.1) is 0 Å². The van der Waals surface area contributed by atoms with Gasteiger partial charge in [-0.2, -0.15) is 0 Å². The van der Waals surface area contributed by atoms with Crippen LogP contribution in [-0.2, 0) is 22.4 Å². The predicted octanol–water partition coefficient (Wildman–Crippen LogP) is 5.48. The lowest BCUT2D eigenvalue weighted by Gasteiger charge is -2.09. The molecule has 0 aromatic heterocycles. The molecule has 0 heterocycles. The summed E-state index contributed by atoms with van der Waals surface area (Å²) in [5, 5.41) is 0. The second-order valence-corrected chi connectivity index (χ2v) is 5.67. The van der Waals surface area contributed by atoms with Gasteiger partial charge in [0.2, 0.25) is 0 Å². The molecule has 3 rings (SSSR count). The zero-order valence-electron chi connectivity index (χ0n) is 18.1. The van der Waals surface area contributed by atoms with Crippen LogP contribution >= 0.6 is 0 Å². The minimum Gasteiger partial charge on any atom is -0.497 e. The summed E-state index contributed by atoms with van der Waals surface area (Å²) in [4.78, 5) is 12.2. The first-order valence-corrected chi connectivity index (χ1v) is 9.76. The number of benzene rings is 2. The fraction of sp³-hybridized carbons (Fsp3) is 0.375. The number of rotatable bonds is 5. The van der Waals surface area contributed by atoms with Crippen molar-refractivity contribution < 1.29 is 19.0 Å². The van der Waals surface area contributed by atoms with Crippen molar-refractivity contribution in [3.05, 3.63) is 64.7 Å². The second kappa shape index (κ2) is 11.9. The van der Waals surface area contributed by atoms with E-state index in [1.807, 2.05) is 70.2 Å². The monoisotopic (exact) mass is 384 g/mol. The third-order valence-corrected chi connectivity index (χ3v) is 4.34. The Morgan fingerprint density at radius 2 is 1.43 bits per heavy atom. The van der Waals surface area contributed by atoms with Crippen molar-refractivity contribution in [1.29, 1.82) is 0 Å². The highest BCUT2D eigenvalue weighted by molar-refractivity contribution is 6.01.